The van der Waals surface area contributed by atoms with Crippen molar-refractivity contribution in [3.63, 3.8) is 0 Å². The fourth-order valence-electron chi connectivity index (χ4n) is 3.48. The maximum Gasteiger partial charge on any atom is 0.258 e. The van der Waals surface area contributed by atoms with Crippen molar-refractivity contribution < 1.29 is 4.52 Å². The van der Waals surface area contributed by atoms with Crippen molar-refractivity contribution in [1.82, 2.24) is 19.4 Å². The van der Waals surface area contributed by atoms with Crippen LogP contribution in [0.1, 0.15) is 41.6 Å². The molecule has 0 unspecified atom stereocenters. The minimum Gasteiger partial charge on any atom is -0.359 e. The van der Waals surface area contributed by atoms with E-state index in [9.17, 15) is 4.79 Å². The Kier molecular flexibility index (Phi) is 3.69. The van der Waals surface area contributed by atoms with Crippen molar-refractivity contribution in [2.24, 2.45) is 0 Å². The molecule has 4 rings (SSSR count). The van der Waals surface area contributed by atoms with Crippen LogP contribution in [0.4, 0.5) is 0 Å². The Bertz CT molecular complexity index is 944. The van der Waals surface area contributed by atoms with Gasteiger partial charge in [-0.05, 0) is 44.9 Å². The lowest BCUT2D eigenvalue weighted by molar-refractivity contribution is 0.204. The lowest BCUT2D eigenvalue weighted by atomic mass is 10.1. The highest BCUT2D eigenvalue weighted by atomic mass is 16.5. The molecular formula is C18H20N4O2. The van der Waals surface area contributed by atoms with E-state index in [2.05, 4.69) is 10.1 Å². The number of rotatable bonds is 3. The second kappa shape index (κ2) is 5.87. The van der Waals surface area contributed by atoms with Crippen LogP contribution in [0.15, 0.2) is 39.8 Å². The molecule has 1 atom stereocenters. The molecule has 4 heterocycles. The van der Waals surface area contributed by atoms with Crippen molar-refractivity contribution >= 4 is 5.65 Å². The van der Waals surface area contributed by atoms with Crippen molar-refractivity contribution in [3.05, 3.63) is 63.5 Å². The van der Waals surface area contributed by atoms with E-state index in [-0.39, 0.29) is 11.6 Å². The third kappa shape index (κ3) is 2.63. The van der Waals surface area contributed by atoms with Gasteiger partial charge >= 0.3 is 0 Å². The van der Waals surface area contributed by atoms with Crippen LogP contribution in [0.25, 0.3) is 5.65 Å². The SMILES string of the molecule is Cc1cc([C@@H]2CCCN2Cc2cc(=O)n3cccc(C)c3n2)on1. The van der Waals surface area contributed by atoms with Crippen LogP contribution in [-0.4, -0.2) is 26.0 Å². The van der Waals surface area contributed by atoms with E-state index in [1.54, 1.807) is 16.7 Å². The van der Waals surface area contributed by atoms with Crippen molar-refractivity contribution in [2.75, 3.05) is 6.54 Å². The molecule has 1 saturated heterocycles. The Morgan fingerprint density at radius 3 is 3.00 bits per heavy atom. The molecule has 3 aromatic rings. The molecular weight excluding hydrogens is 304 g/mol. The summed E-state index contributed by atoms with van der Waals surface area (Å²) in [5.41, 5.74) is 3.39. The van der Waals surface area contributed by atoms with Crippen molar-refractivity contribution in [3.8, 4) is 0 Å². The third-order valence-electron chi connectivity index (χ3n) is 4.64. The highest BCUT2D eigenvalue weighted by Crippen LogP contribution is 2.33. The first-order chi connectivity index (χ1) is 11.6. The molecule has 6 nitrogen and oxygen atoms in total. The Morgan fingerprint density at radius 1 is 1.33 bits per heavy atom. The first-order valence-electron chi connectivity index (χ1n) is 8.27. The summed E-state index contributed by atoms with van der Waals surface area (Å²) in [6, 6.07) is 7.68. The Balaban J connectivity index is 1.66. The second-order valence-electron chi connectivity index (χ2n) is 6.47. The Hall–Kier alpha value is -2.47. The Morgan fingerprint density at radius 2 is 2.21 bits per heavy atom. The zero-order chi connectivity index (χ0) is 16.7. The number of aromatic nitrogens is 3. The van der Waals surface area contributed by atoms with Gasteiger partial charge < -0.3 is 4.52 Å². The number of hydrogen-bond acceptors (Lipinski definition) is 5. The quantitative estimate of drug-likeness (QED) is 0.741. The smallest absolute Gasteiger partial charge is 0.258 e. The summed E-state index contributed by atoms with van der Waals surface area (Å²) in [6.07, 6.45) is 3.91. The summed E-state index contributed by atoms with van der Waals surface area (Å²) in [4.78, 5) is 19.4. The van der Waals surface area contributed by atoms with Gasteiger partial charge in [0.1, 0.15) is 5.65 Å². The molecule has 1 aliphatic heterocycles. The van der Waals surface area contributed by atoms with Crippen LogP contribution < -0.4 is 5.56 Å². The lowest BCUT2D eigenvalue weighted by Crippen LogP contribution is -2.25. The van der Waals surface area contributed by atoms with Gasteiger partial charge in [0.15, 0.2) is 5.76 Å². The Labute approximate surface area is 139 Å². The van der Waals surface area contributed by atoms with Crippen molar-refractivity contribution in [2.45, 2.75) is 39.3 Å². The molecule has 0 aromatic carbocycles. The normalized spacial score (nSPS) is 18.5. The van der Waals surface area contributed by atoms with E-state index in [1.165, 1.54) is 0 Å². The molecule has 6 heteroatoms. The van der Waals surface area contributed by atoms with Crippen molar-refractivity contribution in [1.29, 1.82) is 0 Å². The number of nitrogens with zero attached hydrogens (tertiary/aromatic N) is 4. The summed E-state index contributed by atoms with van der Waals surface area (Å²) in [5.74, 6) is 0.902. The van der Waals surface area contributed by atoms with Gasteiger partial charge in [-0.1, -0.05) is 11.2 Å². The maximum atomic E-state index is 12.4. The summed E-state index contributed by atoms with van der Waals surface area (Å²) in [7, 11) is 0. The molecule has 0 radical (unpaired) electrons. The van der Waals surface area contributed by atoms with Gasteiger partial charge in [-0.3, -0.25) is 14.1 Å². The highest BCUT2D eigenvalue weighted by molar-refractivity contribution is 5.46. The summed E-state index contributed by atoms with van der Waals surface area (Å²) >= 11 is 0. The number of hydrogen-bond donors (Lipinski definition) is 0. The van der Waals surface area contributed by atoms with E-state index < -0.39 is 0 Å². The van der Waals surface area contributed by atoms with E-state index in [0.29, 0.717) is 6.54 Å². The van der Waals surface area contributed by atoms with Gasteiger partial charge in [0, 0.05) is 24.9 Å². The van der Waals surface area contributed by atoms with E-state index >= 15 is 0 Å². The van der Waals surface area contributed by atoms with Crippen LogP contribution in [0.2, 0.25) is 0 Å². The summed E-state index contributed by atoms with van der Waals surface area (Å²) < 4.78 is 7.05. The van der Waals surface area contributed by atoms with Crippen LogP contribution in [0.5, 0.6) is 0 Å². The fraction of sp³-hybridized carbons (Fsp3) is 0.389. The average Bonchev–Trinajstić information content (AvgIpc) is 3.17. The second-order valence-corrected chi connectivity index (χ2v) is 6.47. The molecule has 0 bridgehead atoms. The molecule has 1 fully saturated rings. The molecule has 1 aliphatic rings. The third-order valence-corrected chi connectivity index (χ3v) is 4.64. The number of fused-ring (bicyclic) bond motifs is 1. The molecule has 3 aromatic heterocycles. The van der Waals surface area contributed by atoms with E-state index in [0.717, 1.165) is 47.7 Å². The summed E-state index contributed by atoms with van der Waals surface area (Å²) in [5, 5.41) is 4.00. The van der Waals surface area contributed by atoms with Crippen LogP contribution in [0.3, 0.4) is 0 Å². The van der Waals surface area contributed by atoms with Gasteiger partial charge in [0.2, 0.25) is 0 Å². The fourth-order valence-corrected chi connectivity index (χ4v) is 3.48. The van der Waals surface area contributed by atoms with Crippen LogP contribution in [0, 0.1) is 13.8 Å². The number of likely N-dealkylation sites (tertiary alicyclic amines) is 1. The zero-order valence-electron chi connectivity index (χ0n) is 13.9. The summed E-state index contributed by atoms with van der Waals surface area (Å²) in [6.45, 7) is 5.52. The monoisotopic (exact) mass is 324 g/mol. The molecule has 0 saturated carbocycles. The van der Waals surface area contributed by atoms with Gasteiger partial charge in [-0.15, -0.1) is 0 Å². The van der Waals surface area contributed by atoms with E-state index in [1.807, 2.05) is 32.0 Å². The van der Waals surface area contributed by atoms with Crippen LogP contribution in [-0.2, 0) is 6.54 Å². The zero-order valence-corrected chi connectivity index (χ0v) is 13.9. The molecule has 0 N–H and O–H groups in total. The minimum absolute atomic E-state index is 0.0371. The van der Waals surface area contributed by atoms with Gasteiger partial charge in [0.05, 0.1) is 17.4 Å². The number of pyridine rings is 1. The minimum atomic E-state index is -0.0371. The topological polar surface area (TPSA) is 63.6 Å². The number of aryl methyl sites for hydroxylation is 2. The molecule has 0 spiro atoms. The standard InChI is InChI=1S/C18H20N4O2/c1-12-5-3-8-22-17(23)10-14(19-18(12)22)11-21-7-4-6-15(21)16-9-13(2)20-24-16/h3,5,8-10,15H,4,6-7,11H2,1-2H3/t15-/m0/s1. The molecule has 0 amide bonds. The predicted molar refractivity (Wildman–Crippen MR) is 89.8 cm³/mol. The van der Waals surface area contributed by atoms with E-state index in [4.69, 9.17) is 9.51 Å². The van der Waals surface area contributed by atoms with Crippen LogP contribution >= 0.6 is 0 Å². The molecule has 0 aliphatic carbocycles. The van der Waals surface area contributed by atoms with Gasteiger partial charge in [-0.2, -0.15) is 0 Å². The molecule has 24 heavy (non-hydrogen) atoms. The van der Waals surface area contributed by atoms with Gasteiger partial charge in [0.25, 0.3) is 5.56 Å². The molecule has 124 valence electrons. The largest absolute Gasteiger partial charge is 0.359 e. The first kappa shape index (κ1) is 15.1. The first-order valence-corrected chi connectivity index (χ1v) is 8.27. The maximum absolute atomic E-state index is 12.4. The highest BCUT2D eigenvalue weighted by Gasteiger charge is 2.29. The van der Waals surface area contributed by atoms with Gasteiger partial charge in [-0.25, -0.2) is 4.98 Å². The average molecular weight is 324 g/mol. The predicted octanol–water partition coefficient (Wildman–Crippen LogP) is 2.64. The lowest BCUT2D eigenvalue weighted by Gasteiger charge is -2.21.